The summed E-state index contributed by atoms with van der Waals surface area (Å²) in [6.45, 7) is 1.49. The third-order valence-corrected chi connectivity index (χ3v) is 3.14. The zero-order chi connectivity index (χ0) is 12.4. The zero-order valence-electron chi connectivity index (χ0n) is 9.92. The lowest BCUT2D eigenvalue weighted by molar-refractivity contribution is 0.0543. The van der Waals surface area contributed by atoms with E-state index in [1.54, 1.807) is 6.07 Å². The molecule has 0 spiro atoms. The van der Waals surface area contributed by atoms with E-state index >= 15 is 0 Å². The molecule has 0 N–H and O–H groups in total. The van der Waals surface area contributed by atoms with Gasteiger partial charge in [0.15, 0.2) is 0 Å². The minimum Gasteiger partial charge on any atom is -0.379 e. The summed E-state index contributed by atoms with van der Waals surface area (Å²) in [7, 11) is 0. The minimum atomic E-state index is -0.261. The molecule has 4 nitrogen and oxygen atoms in total. The molecular weight excluding hydrogens is 233 g/mol. The van der Waals surface area contributed by atoms with Crippen LogP contribution in [0.1, 0.15) is 18.9 Å². The van der Waals surface area contributed by atoms with Gasteiger partial charge < -0.3 is 4.74 Å². The number of benzene rings is 1. The van der Waals surface area contributed by atoms with Crippen LogP contribution in [0.15, 0.2) is 30.5 Å². The Kier molecular flexibility index (Phi) is 3.06. The normalized spacial score (nSPS) is 19.9. The van der Waals surface area contributed by atoms with Gasteiger partial charge in [0.05, 0.1) is 18.8 Å². The Balaban J connectivity index is 1.84. The molecule has 94 valence electrons. The molecule has 0 aliphatic carbocycles. The van der Waals surface area contributed by atoms with Crippen molar-refractivity contribution in [2.75, 3.05) is 13.2 Å². The molecule has 2 heterocycles. The highest BCUT2D eigenvalue weighted by atomic mass is 19.1. The van der Waals surface area contributed by atoms with Crippen LogP contribution in [0.2, 0.25) is 0 Å². The van der Waals surface area contributed by atoms with Crippen molar-refractivity contribution in [3.05, 3.63) is 36.3 Å². The van der Waals surface area contributed by atoms with E-state index in [0.29, 0.717) is 12.3 Å². The molecule has 2 aromatic rings. The number of halogens is 1. The van der Waals surface area contributed by atoms with Crippen molar-refractivity contribution in [3.8, 4) is 11.3 Å². The van der Waals surface area contributed by atoms with E-state index in [0.717, 1.165) is 25.0 Å². The lowest BCUT2D eigenvalue weighted by Gasteiger charge is -2.21. The fourth-order valence-electron chi connectivity index (χ4n) is 2.17. The van der Waals surface area contributed by atoms with Gasteiger partial charge in [-0.05, 0) is 25.0 Å². The van der Waals surface area contributed by atoms with Crippen LogP contribution < -0.4 is 0 Å². The summed E-state index contributed by atoms with van der Waals surface area (Å²) in [6, 6.07) is 6.63. The van der Waals surface area contributed by atoms with Crippen LogP contribution in [0, 0.1) is 5.82 Å². The van der Waals surface area contributed by atoms with E-state index in [2.05, 4.69) is 10.3 Å². The standard InChI is InChI=1S/C13H14FN3O/c14-11-4-1-3-10(7-11)13-8-17(16-15-13)12-5-2-6-18-9-12/h1,3-4,7-8,12H,2,5-6,9H2. The molecule has 1 saturated heterocycles. The van der Waals surface area contributed by atoms with Crippen molar-refractivity contribution in [1.29, 1.82) is 0 Å². The van der Waals surface area contributed by atoms with E-state index in [1.807, 2.05) is 16.9 Å². The maximum atomic E-state index is 13.1. The molecule has 1 aromatic carbocycles. The molecule has 0 radical (unpaired) electrons. The molecule has 0 saturated carbocycles. The Bertz CT molecular complexity index is 535. The van der Waals surface area contributed by atoms with Crippen molar-refractivity contribution < 1.29 is 9.13 Å². The number of ether oxygens (including phenoxy) is 1. The highest BCUT2D eigenvalue weighted by Gasteiger charge is 2.17. The molecule has 1 aliphatic rings. The maximum Gasteiger partial charge on any atom is 0.123 e. The van der Waals surface area contributed by atoms with E-state index < -0.39 is 0 Å². The van der Waals surface area contributed by atoms with Gasteiger partial charge in [-0.25, -0.2) is 9.07 Å². The number of hydrogen-bond acceptors (Lipinski definition) is 3. The van der Waals surface area contributed by atoms with E-state index in [1.165, 1.54) is 12.1 Å². The van der Waals surface area contributed by atoms with Gasteiger partial charge in [0.2, 0.25) is 0 Å². The Labute approximate surface area is 104 Å². The first-order chi connectivity index (χ1) is 8.83. The molecule has 18 heavy (non-hydrogen) atoms. The monoisotopic (exact) mass is 247 g/mol. The van der Waals surface area contributed by atoms with Crippen LogP contribution in [0.3, 0.4) is 0 Å². The van der Waals surface area contributed by atoms with Crippen LogP contribution in [0.5, 0.6) is 0 Å². The van der Waals surface area contributed by atoms with Gasteiger partial charge in [-0.3, -0.25) is 0 Å². The number of aromatic nitrogens is 3. The highest BCUT2D eigenvalue weighted by molar-refractivity contribution is 5.57. The minimum absolute atomic E-state index is 0.244. The van der Waals surface area contributed by atoms with Crippen LogP contribution in [-0.4, -0.2) is 28.2 Å². The number of rotatable bonds is 2. The Morgan fingerprint density at radius 1 is 1.39 bits per heavy atom. The van der Waals surface area contributed by atoms with Crippen molar-refractivity contribution in [3.63, 3.8) is 0 Å². The summed E-state index contributed by atoms with van der Waals surface area (Å²) in [5.41, 5.74) is 1.44. The average molecular weight is 247 g/mol. The smallest absolute Gasteiger partial charge is 0.123 e. The molecule has 1 aromatic heterocycles. The van der Waals surface area contributed by atoms with E-state index in [4.69, 9.17) is 4.74 Å². The second kappa shape index (κ2) is 4.86. The quantitative estimate of drug-likeness (QED) is 0.818. The van der Waals surface area contributed by atoms with Gasteiger partial charge in [-0.1, -0.05) is 17.3 Å². The Hall–Kier alpha value is -1.75. The first kappa shape index (κ1) is 11.3. The maximum absolute atomic E-state index is 13.1. The van der Waals surface area contributed by atoms with Crippen LogP contribution in [0.4, 0.5) is 4.39 Å². The Morgan fingerprint density at radius 2 is 2.33 bits per heavy atom. The molecule has 0 bridgehead atoms. The SMILES string of the molecule is Fc1cccc(-c2cn(C3CCCOC3)nn2)c1. The van der Waals surface area contributed by atoms with Crippen molar-refractivity contribution in [1.82, 2.24) is 15.0 Å². The molecule has 5 heteroatoms. The predicted octanol–water partition coefficient (Wildman–Crippen LogP) is 2.44. The first-order valence-corrected chi connectivity index (χ1v) is 6.08. The molecule has 1 fully saturated rings. The van der Waals surface area contributed by atoms with Gasteiger partial charge >= 0.3 is 0 Å². The second-order valence-electron chi connectivity index (χ2n) is 4.47. The van der Waals surface area contributed by atoms with Crippen molar-refractivity contribution in [2.24, 2.45) is 0 Å². The third-order valence-electron chi connectivity index (χ3n) is 3.14. The fraction of sp³-hybridized carbons (Fsp3) is 0.385. The van der Waals surface area contributed by atoms with Gasteiger partial charge in [-0.15, -0.1) is 5.10 Å². The average Bonchev–Trinajstić information content (AvgIpc) is 2.89. The van der Waals surface area contributed by atoms with Crippen molar-refractivity contribution in [2.45, 2.75) is 18.9 Å². The molecule has 3 rings (SSSR count). The molecule has 1 aliphatic heterocycles. The summed E-state index contributed by atoms with van der Waals surface area (Å²) in [4.78, 5) is 0. The fourth-order valence-corrected chi connectivity index (χ4v) is 2.17. The molecule has 1 unspecified atom stereocenters. The molecule has 1 atom stereocenters. The summed E-state index contributed by atoms with van der Waals surface area (Å²) < 4.78 is 20.4. The first-order valence-electron chi connectivity index (χ1n) is 6.08. The van der Waals surface area contributed by atoms with E-state index in [9.17, 15) is 4.39 Å². The number of nitrogens with zero attached hydrogens (tertiary/aromatic N) is 3. The van der Waals surface area contributed by atoms with Gasteiger partial charge in [0.1, 0.15) is 11.5 Å². The highest BCUT2D eigenvalue weighted by Crippen LogP contribution is 2.22. The summed E-state index contributed by atoms with van der Waals surface area (Å²) in [6.07, 6.45) is 3.94. The lowest BCUT2D eigenvalue weighted by Crippen LogP contribution is -2.21. The molecular formula is C13H14FN3O. The molecule has 0 amide bonds. The predicted molar refractivity (Wildman–Crippen MR) is 64.5 cm³/mol. The van der Waals surface area contributed by atoms with E-state index in [-0.39, 0.29) is 11.9 Å². The largest absolute Gasteiger partial charge is 0.379 e. The summed E-state index contributed by atoms with van der Waals surface area (Å²) in [5, 5.41) is 8.20. The van der Waals surface area contributed by atoms with Gasteiger partial charge in [0, 0.05) is 12.2 Å². The summed E-state index contributed by atoms with van der Waals surface area (Å²) in [5.74, 6) is -0.261. The Morgan fingerprint density at radius 3 is 3.11 bits per heavy atom. The lowest BCUT2D eigenvalue weighted by atomic mass is 10.1. The topological polar surface area (TPSA) is 39.9 Å². The van der Waals surface area contributed by atoms with Crippen LogP contribution >= 0.6 is 0 Å². The van der Waals surface area contributed by atoms with Crippen molar-refractivity contribution >= 4 is 0 Å². The zero-order valence-corrected chi connectivity index (χ0v) is 9.92. The van der Waals surface area contributed by atoms with Crippen LogP contribution in [0.25, 0.3) is 11.3 Å². The second-order valence-corrected chi connectivity index (χ2v) is 4.47. The summed E-state index contributed by atoms with van der Waals surface area (Å²) >= 11 is 0. The third kappa shape index (κ3) is 2.26. The van der Waals surface area contributed by atoms with Gasteiger partial charge in [0.25, 0.3) is 0 Å². The number of hydrogen-bond donors (Lipinski definition) is 0. The van der Waals surface area contributed by atoms with Crippen LogP contribution in [-0.2, 0) is 4.74 Å². The van der Waals surface area contributed by atoms with Gasteiger partial charge in [-0.2, -0.15) is 0 Å².